The fourth-order valence-electron chi connectivity index (χ4n) is 3.31. The van der Waals surface area contributed by atoms with Gasteiger partial charge in [-0.2, -0.15) is 5.26 Å². The number of nitriles is 1. The molecule has 0 bridgehead atoms. The first-order chi connectivity index (χ1) is 13.6. The summed E-state index contributed by atoms with van der Waals surface area (Å²) in [6, 6.07) is 4.92. The minimum atomic E-state index is -0.922. The van der Waals surface area contributed by atoms with E-state index in [4.69, 9.17) is 4.74 Å². The number of benzene rings is 1. The molecule has 1 atom stereocenters. The van der Waals surface area contributed by atoms with Gasteiger partial charge in [-0.3, -0.25) is 19.4 Å². The van der Waals surface area contributed by atoms with Crippen LogP contribution >= 0.6 is 24.4 Å². The zero-order valence-electron chi connectivity index (χ0n) is 17.2. The second-order valence-electron chi connectivity index (χ2n) is 7.51. The molecule has 1 aromatic rings. The highest BCUT2D eigenvalue weighted by Crippen LogP contribution is 2.40. The average Bonchev–Trinajstić information content (AvgIpc) is 2.80. The molecule has 1 heterocycles. The lowest BCUT2D eigenvalue weighted by molar-refractivity contribution is -0.147. The Labute approximate surface area is 180 Å². The highest BCUT2D eigenvalue weighted by atomic mass is 32.2. The average molecular weight is 440 g/mol. The van der Waals surface area contributed by atoms with Crippen molar-refractivity contribution < 1.29 is 18.7 Å². The van der Waals surface area contributed by atoms with E-state index in [2.05, 4.69) is 12.6 Å². The van der Waals surface area contributed by atoms with E-state index in [1.165, 1.54) is 17.0 Å². The number of hydrogen-bond acceptors (Lipinski definition) is 7. The van der Waals surface area contributed by atoms with Gasteiger partial charge in [0.25, 0.3) is 0 Å². The highest BCUT2D eigenvalue weighted by molar-refractivity contribution is 7.98. The number of amides is 1. The Bertz CT molecular complexity index is 839. The maximum Gasteiger partial charge on any atom is 0.306 e. The Hall–Kier alpha value is -1.76. The topological polar surface area (TPSA) is 73.6 Å². The maximum absolute atomic E-state index is 15.1. The SMILES string of the molecule is CSc1c(C#N)ccc(N2C(=O)C(C)(C)N(CCCC(=O)OC(C)C)C2S)c1F. The van der Waals surface area contributed by atoms with Crippen molar-refractivity contribution in [1.82, 2.24) is 4.90 Å². The van der Waals surface area contributed by atoms with Gasteiger partial charge in [-0.05, 0) is 52.5 Å². The van der Waals surface area contributed by atoms with Crippen molar-refractivity contribution in [3.8, 4) is 6.07 Å². The molecule has 1 fully saturated rings. The van der Waals surface area contributed by atoms with E-state index in [0.717, 1.165) is 11.8 Å². The molecule has 0 aliphatic carbocycles. The molecule has 1 amide bonds. The van der Waals surface area contributed by atoms with Crippen LogP contribution in [0.5, 0.6) is 0 Å². The normalized spacial score (nSPS) is 18.9. The first-order valence-electron chi connectivity index (χ1n) is 9.30. The third-order valence-corrected chi connectivity index (χ3v) is 6.09. The summed E-state index contributed by atoms with van der Waals surface area (Å²) in [5.41, 5.74) is -1.31. The Morgan fingerprint density at radius 2 is 2.10 bits per heavy atom. The Balaban J connectivity index is 2.25. The quantitative estimate of drug-likeness (QED) is 0.396. The summed E-state index contributed by atoms with van der Waals surface area (Å²) < 4.78 is 20.2. The zero-order valence-corrected chi connectivity index (χ0v) is 18.9. The molecule has 6 nitrogen and oxygen atoms in total. The van der Waals surface area contributed by atoms with Crippen molar-refractivity contribution in [2.75, 3.05) is 17.7 Å². The molecule has 0 radical (unpaired) electrons. The second kappa shape index (κ2) is 9.37. The Morgan fingerprint density at radius 3 is 2.66 bits per heavy atom. The van der Waals surface area contributed by atoms with E-state index in [9.17, 15) is 14.9 Å². The zero-order chi connectivity index (χ0) is 21.9. The third kappa shape index (κ3) is 4.71. The van der Waals surface area contributed by atoms with E-state index in [0.29, 0.717) is 13.0 Å². The van der Waals surface area contributed by atoms with Gasteiger partial charge in [0.1, 0.15) is 11.6 Å². The molecule has 0 N–H and O–H groups in total. The predicted octanol–water partition coefficient (Wildman–Crippen LogP) is 3.79. The summed E-state index contributed by atoms with van der Waals surface area (Å²) in [4.78, 5) is 28.2. The molecule has 1 aliphatic heterocycles. The van der Waals surface area contributed by atoms with Gasteiger partial charge in [-0.1, -0.05) is 0 Å². The molecule has 0 spiro atoms. The molecule has 1 saturated heterocycles. The molecular formula is C20H26FN3O3S2. The van der Waals surface area contributed by atoms with E-state index >= 15 is 4.39 Å². The van der Waals surface area contributed by atoms with E-state index in [1.807, 2.05) is 11.0 Å². The molecule has 1 aromatic carbocycles. The lowest BCUT2D eigenvalue weighted by atomic mass is 10.0. The van der Waals surface area contributed by atoms with Crippen molar-refractivity contribution >= 4 is 42.0 Å². The van der Waals surface area contributed by atoms with E-state index < -0.39 is 16.9 Å². The van der Waals surface area contributed by atoms with Crippen molar-refractivity contribution in [3.05, 3.63) is 23.5 Å². The minimum absolute atomic E-state index is 0.0909. The van der Waals surface area contributed by atoms with Crippen molar-refractivity contribution in [2.45, 2.75) is 62.6 Å². The van der Waals surface area contributed by atoms with Crippen LogP contribution in [0.3, 0.4) is 0 Å². The number of halogens is 1. The smallest absolute Gasteiger partial charge is 0.306 e. The van der Waals surface area contributed by atoms with E-state index in [-0.39, 0.29) is 40.5 Å². The van der Waals surface area contributed by atoms with Gasteiger partial charge in [0, 0.05) is 13.0 Å². The maximum atomic E-state index is 15.1. The van der Waals surface area contributed by atoms with Crippen LogP contribution in [0.25, 0.3) is 0 Å². The molecular weight excluding hydrogens is 413 g/mol. The number of ether oxygens (including phenoxy) is 1. The molecule has 0 saturated carbocycles. The molecule has 1 aliphatic rings. The van der Waals surface area contributed by atoms with Crippen LogP contribution in [0.15, 0.2) is 17.0 Å². The molecule has 9 heteroatoms. The first kappa shape index (κ1) is 23.5. The van der Waals surface area contributed by atoms with Crippen LogP contribution in [0, 0.1) is 17.1 Å². The highest BCUT2D eigenvalue weighted by Gasteiger charge is 2.51. The summed E-state index contributed by atoms with van der Waals surface area (Å²) in [6.07, 6.45) is 2.21. The number of hydrogen-bond donors (Lipinski definition) is 1. The van der Waals surface area contributed by atoms with Gasteiger partial charge in [-0.15, -0.1) is 24.4 Å². The lowest BCUT2D eigenvalue weighted by Crippen LogP contribution is -2.45. The lowest BCUT2D eigenvalue weighted by Gasteiger charge is -2.31. The monoisotopic (exact) mass is 439 g/mol. The van der Waals surface area contributed by atoms with Gasteiger partial charge in [-0.25, -0.2) is 4.39 Å². The van der Waals surface area contributed by atoms with Gasteiger partial charge < -0.3 is 4.74 Å². The largest absolute Gasteiger partial charge is 0.463 e. The summed E-state index contributed by atoms with van der Waals surface area (Å²) in [5, 5.41) is 9.18. The van der Waals surface area contributed by atoms with Crippen LogP contribution < -0.4 is 4.90 Å². The summed E-state index contributed by atoms with van der Waals surface area (Å²) in [7, 11) is 0. The standard InChI is InChI=1S/C20H26FN3O3S2/c1-12(2)27-15(25)7-6-10-23-19(28)24(18(26)20(23,3)4)14-9-8-13(11-22)17(29-5)16(14)21/h8-9,12,19,28H,6-7,10H2,1-5H3. The molecule has 0 aromatic heterocycles. The minimum Gasteiger partial charge on any atom is -0.463 e. The van der Waals surface area contributed by atoms with Gasteiger partial charge >= 0.3 is 5.97 Å². The van der Waals surface area contributed by atoms with Crippen LogP contribution in [-0.2, 0) is 14.3 Å². The van der Waals surface area contributed by atoms with Crippen molar-refractivity contribution in [2.24, 2.45) is 0 Å². The fraction of sp³-hybridized carbons (Fsp3) is 0.550. The molecule has 29 heavy (non-hydrogen) atoms. The number of carbonyl (C=O) groups excluding carboxylic acids is 2. The number of rotatable bonds is 7. The molecule has 1 unspecified atom stereocenters. The Morgan fingerprint density at radius 1 is 1.45 bits per heavy atom. The first-order valence-corrected chi connectivity index (χ1v) is 11.0. The van der Waals surface area contributed by atoms with Crippen molar-refractivity contribution in [1.29, 1.82) is 5.26 Å². The summed E-state index contributed by atoms with van der Waals surface area (Å²) in [6.45, 7) is 7.50. The van der Waals surface area contributed by atoms with Gasteiger partial charge in [0.2, 0.25) is 5.91 Å². The number of thiol groups is 1. The van der Waals surface area contributed by atoms with Crippen molar-refractivity contribution in [3.63, 3.8) is 0 Å². The third-order valence-electron chi connectivity index (χ3n) is 4.78. The number of thioether (sulfide) groups is 1. The summed E-state index contributed by atoms with van der Waals surface area (Å²) >= 11 is 5.70. The van der Waals surface area contributed by atoms with Crippen LogP contribution in [0.4, 0.5) is 10.1 Å². The fourth-order valence-corrected chi connectivity index (χ4v) is 4.57. The van der Waals surface area contributed by atoms with E-state index in [1.54, 1.807) is 34.0 Å². The molecule has 2 rings (SSSR count). The van der Waals surface area contributed by atoms with Crippen LogP contribution in [0.2, 0.25) is 0 Å². The number of esters is 1. The van der Waals surface area contributed by atoms with Gasteiger partial charge in [0.05, 0.1) is 27.8 Å². The Kier molecular flexibility index (Phi) is 7.60. The van der Waals surface area contributed by atoms with Crippen LogP contribution in [-0.4, -0.2) is 46.7 Å². The molecule has 158 valence electrons. The van der Waals surface area contributed by atoms with Gasteiger partial charge in [0.15, 0.2) is 5.82 Å². The summed E-state index contributed by atoms with van der Waals surface area (Å²) in [5.74, 6) is -1.20. The second-order valence-corrected chi connectivity index (χ2v) is 8.79. The number of anilines is 1. The van der Waals surface area contributed by atoms with Crippen LogP contribution in [0.1, 0.15) is 46.1 Å². The number of nitrogens with zero attached hydrogens (tertiary/aromatic N) is 3. The predicted molar refractivity (Wildman–Crippen MR) is 114 cm³/mol. The number of carbonyl (C=O) groups is 2.